The molecule has 0 aliphatic heterocycles. The van der Waals surface area contributed by atoms with Crippen molar-refractivity contribution in [3.05, 3.63) is 0 Å². The molecule has 0 amide bonds. The number of hydrogen-bond donors (Lipinski definition) is 0. The third-order valence-corrected chi connectivity index (χ3v) is 5.03. The van der Waals surface area contributed by atoms with Crippen LogP contribution in [0.25, 0.3) is 0 Å². The van der Waals surface area contributed by atoms with Gasteiger partial charge in [0.2, 0.25) is 0 Å². The maximum Gasteiger partial charge on any atom is 0.306 e. The van der Waals surface area contributed by atoms with Gasteiger partial charge in [0.1, 0.15) is 6.10 Å². The molecule has 2 nitrogen and oxygen atoms in total. The van der Waals surface area contributed by atoms with E-state index in [4.69, 9.17) is 4.74 Å². The molecule has 2 aliphatic rings. The number of carbonyl (C=O) groups is 1. The summed E-state index contributed by atoms with van der Waals surface area (Å²) in [6.45, 7) is 2.12. The lowest BCUT2D eigenvalue weighted by molar-refractivity contribution is -0.155. The predicted octanol–water partition coefficient (Wildman–Crippen LogP) is 4.86. The Kier molecular flexibility index (Phi) is 6.19. The Morgan fingerprint density at radius 3 is 2.42 bits per heavy atom. The first kappa shape index (κ1) is 14.9. The van der Waals surface area contributed by atoms with Crippen molar-refractivity contribution in [3.63, 3.8) is 0 Å². The van der Waals surface area contributed by atoms with Gasteiger partial charge in [-0.05, 0) is 37.5 Å². The highest BCUT2D eigenvalue weighted by Crippen LogP contribution is 2.39. The molecule has 0 radical (unpaired) electrons. The fourth-order valence-corrected chi connectivity index (χ4v) is 3.92. The predicted molar refractivity (Wildman–Crippen MR) is 77.9 cm³/mol. The van der Waals surface area contributed by atoms with Gasteiger partial charge in [-0.15, -0.1) is 0 Å². The van der Waals surface area contributed by atoms with Crippen molar-refractivity contribution in [2.45, 2.75) is 90.1 Å². The summed E-state index contributed by atoms with van der Waals surface area (Å²) in [6, 6.07) is 0. The maximum absolute atomic E-state index is 11.9. The van der Waals surface area contributed by atoms with E-state index in [0.29, 0.717) is 12.3 Å². The molecule has 2 saturated carbocycles. The highest BCUT2D eigenvalue weighted by Gasteiger charge is 2.34. The summed E-state index contributed by atoms with van der Waals surface area (Å²) in [5.41, 5.74) is 0. The summed E-state index contributed by atoms with van der Waals surface area (Å²) in [5, 5.41) is 0. The molecule has 0 N–H and O–H groups in total. The number of carbonyl (C=O) groups excluding carboxylic acids is 1. The molecule has 0 aromatic rings. The average Bonchev–Trinajstić information content (AvgIpc) is 2.46. The molecule has 2 heteroatoms. The second kappa shape index (κ2) is 7.91. The van der Waals surface area contributed by atoms with E-state index >= 15 is 0 Å². The highest BCUT2D eigenvalue weighted by molar-refractivity contribution is 5.69. The molecular weight excluding hydrogens is 236 g/mol. The van der Waals surface area contributed by atoms with Crippen LogP contribution in [0, 0.1) is 11.8 Å². The summed E-state index contributed by atoms with van der Waals surface area (Å²) in [4.78, 5) is 11.9. The van der Waals surface area contributed by atoms with E-state index in [-0.39, 0.29) is 12.1 Å². The van der Waals surface area contributed by atoms with E-state index in [9.17, 15) is 4.79 Å². The van der Waals surface area contributed by atoms with Crippen LogP contribution in [0.5, 0.6) is 0 Å². The highest BCUT2D eigenvalue weighted by atomic mass is 16.5. The molecule has 110 valence electrons. The molecule has 0 saturated heterocycles. The monoisotopic (exact) mass is 266 g/mol. The molecule has 2 aliphatic carbocycles. The summed E-state index contributed by atoms with van der Waals surface area (Å²) in [7, 11) is 0. The van der Waals surface area contributed by atoms with E-state index in [2.05, 4.69) is 6.92 Å². The number of esters is 1. The quantitative estimate of drug-likeness (QED) is 0.664. The van der Waals surface area contributed by atoms with Crippen LogP contribution in [-0.2, 0) is 9.53 Å². The van der Waals surface area contributed by atoms with Crippen LogP contribution in [0.3, 0.4) is 0 Å². The third-order valence-electron chi connectivity index (χ3n) is 5.03. The maximum atomic E-state index is 11.9. The van der Waals surface area contributed by atoms with Gasteiger partial charge in [0.25, 0.3) is 0 Å². The van der Waals surface area contributed by atoms with Crippen LogP contribution in [0.4, 0.5) is 0 Å². The second-order valence-corrected chi connectivity index (χ2v) is 6.48. The number of unbranched alkanes of at least 4 members (excludes halogenated alkanes) is 1. The minimum absolute atomic E-state index is 0.0505. The van der Waals surface area contributed by atoms with Gasteiger partial charge in [-0.1, -0.05) is 51.9 Å². The summed E-state index contributed by atoms with van der Waals surface area (Å²) < 4.78 is 5.82. The Balaban J connectivity index is 1.86. The Morgan fingerprint density at radius 2 is 1.68 bits per heavy atom. The van der Waals surface area contributed by atoms with Crippen molar-refractivity contribution < 1.29 is 9.53 Å². The van der Waals surface area contributed by atoms with E-state index < -0.39 is 0 Å². The summed E-state index contributed by atoms with van der Waals surface area (Å²) >= 11 is 0. The topological polar surface area (TPSA) is 26.3 Å². The van der Waals surface area contributed by atoms with Gasteiger partial charge < -0.3 is 4.74 Å². The van der Waals surface area contributed by atoms with Gasteiger partial charge in [-0.25, -0.2) is 0 Å². The van der Waals surface area contributed by atoms with E-state index in [0.717, 1.165) is 25.2 Å². The Labute approximate surface area is 118 Å². The molecule has 0 bridgehead atoms. The van der Waals surface area contributed by atoms with Crippen molar-refractivity contribution in [3.8, 4) is 0 Å². The van der Waals surface area contributed by atoms with Gasteiger partial charge in [0, 0.05) is 6.42 Å². The summed E-state index contributed by atoms with van der Waals surface area (Å²) in [5.74, 6) is 1.55. The molecule has 0 spiro atoms. The average molecular weight is 266 g/mol. The molecular formula is C17H30O2. The first-order valence-corrected chi connectivity index (χ1v) is 8.50. The minimum Gasteiger partial charge on any atom is -0.462 e. The molecule has 2 atom stereocenters. The van der Waals surface area contributed by atoms with Gasteiger partial charge in [-0.3, -0.25) is 4.79 Å². The number of hydrogen-bond acceptors (Lipinski definition) is 2. The molecule has 2 rings (SSSR count). The second-order valence-electron chi connectivity index (χ2n) is 6.48. The molecule has 0 aromatic carbocycles. The largest absolute Gasteiger partial charge is 0.462 e. The van der Waals surface area contributed by atoms with E-state index in [1.54, 1.807) is 0 Å². The minimum atomic E-state index is 0.0505. The molecule has 2 fully saturated rings. The fourth-order valence-electron chi connectivity index (χ4n) is 3.92. The molecule has 19 heavy (non-hydrogen) atoms. The molecule has 0 unspecified atom stereocenters. The zero-order valence-corrected chi connectivity index (χ0v) is 12.5. The normalized spacial score (nSPS) is 29.1. The molecule has 0 aromatic heterocycles. The van der Waals surface area contributed by atoms with Crippen molar-refractivity contribution in [2.24, 2.45) is 11.8 Å². The standard InChI is InChI=1S/C17H30O2/c1-2-3-13-17(18)19-16-12-8-7-11-15(16)14-9-5-4-6-10-14/h14-16H,2-13H2,1H3/t15-,16+/m1/s1. The van der Waals surface area contributed by atoms with Crippen LogP contribution < -0.4 is 0 Å². The van der Waals surface area contributed by atoms with Crippen LogP contribution in [-0.4, -0.2) is 12.1 Å². The Bertz CT molecular complexity index is 268. The lowest BCUT2D eigenvalue weighted by Gasteiger charge is -2.38. The zero-order valence-electron chi connectivity index (χ0n) is 12.5. The van der Waals surface area contributed by atoms with Crippen LogP contribution in [0.1, 0.15) is 84.0 Å². The van der Waals surface area contributed by atoms with Crippen LogP contribution >= 0.6 is 0 Å². The Hall–Kier alpha value is -0.530. The van der Waals surface area contributed by atoms with Gasteiger partial charge in [0.15, 0.2) is 0 Å². The fraction of sp³-hybridized carbons (Fsp3) is 0.941. The lowest BCUT2D eigenvalue weighted by atomic mass is 9.72. The Morgan fingerprint density at radius 1 is 1.00 bits per heavy atom. The smallest absolute Gasteiger partial charge is 0.306 e. The lowest BCUT2D eigenvalue weighted by Crippen LogP contribution is -2.35. The zero-order chi connectivity index (χ0) is 13.5. The van der Waals surface area contributed by atoms with Gasteiger partial charge in [0.05, 0.1) is 0 Å². The van der Waals surface area contributed by atoms with Crippen molar-refractivity contribution >= 4 is 5.97 Å². The van der Waals surface area contributed by atoms with Crippen molar-refractivity contribution in [1.29, 1.82) is 0 Å². The van der Waals surface area contributed by atoms with Crippen molar-refractivity contribution in [1.82, 2.24) is 0 Å². The van der Waals surface area contributed by atoms with Crippen molar-refractivity contribution in [2.75, 3.05) is 0 Å². The first-order valence-electron chi connectivity index (χ1n) is 8.50. The van der Waals surface area contributed by atoms with Gasteiger partial charge in [-0.2, -0.15) is 0 Å². The summed E-state index contributed by atoms with van der Waals surface area (Å²) in [6.07, 6.45) is 14.8. The number of rotatable bonds is 5. The molecule has 0 heterocycles. The van der Waals surface area contributed by atoms with E-state index in [1.165, 1.54) is 51.4 Å². The van der Waals surface area contributed by atoms with Crippen LogP contribution in [0.15, 0.2) is 0 Å². The number of ether oxygens (including phenoxy) is 1. The first-order chi connectivity index (χ1) is 9.31. The van der Waals surface area contributed by atoms with Gasteiger partial charge >= 0.3 is 5.97 Å². The third kappa shape index (κ3) is 4.50. The SMILES string of the molecule is CCCCC(=O)O[C@H]1CCCC[C@@H]1C1CCCCC1. The van der Waals surface area contributed by atoms with Crippen LogP contribution in [0.2, 0.25) is 0 Å². The van der Waals surface area contributed by atoms with E-state index in [1.807, 2.05) is 0 Å².